The SMILES string of the molecule is O=C(Nc1ccc([N+](=O)[O-])cc1)C1CCN(c2ccc(-c3ccc(F)cc3)nn2)CC1. The quantitative estimate of drug-likeness (QED) is 0.493. The highest BCUT2D eigenvalue weighted by Crippen LogP contribution is 2.25. The van der Waals surface area contributed by atoms with Crippen LogP contribution in [0.3, 0.4) is 0 Å². The number of nitro benzene ring substituents is 1. The van der Waals surface area contributed by atoms with Crippen molar-refractivity contribution in [3.8, 4) is 11.3 Å². The second kappa shape index (κ2) is 8.86. The van der Waals surface area contributed by atoms with E-state index in [0.29, 0.717) is 37.3 Å². The van der Waals surface area contributed by atoms with Crippen LogP contribution in [0.5, 0.6) is 0 Å². The molecule has 1 amide bonds. The van der Waals surface area contributed by atoms with Gasteiger partial charge in [0, 0.05) is 42.4 Å². The average Bonchev–Trinajstić information content (AvgIpc) is 2.80. The van der Waals surface area contributed by atoms with Gasteiger partial charge in [0.05, 0.1) is 10.6 Å². The topological polar surface area (TPSA) is 101 Å². The van der Waals surface area contributed by atoms with Crippen molar-refractivity contribution in [3.05, 3.63) is 76.6 Å². The maximum Gasteiger partial charge on any atom is 0.269 e. The molecule has 1 N–H and O–H groups in total. The Morgan fingerprint density at radius 1 is 1.00 bits per heavy atom. The van der Waals surface area contributed by atoms with E-state index in [0.717, 1.165) is 11.4 Å². The summed E-state index contributed by atoms with van der Waals surface area (Å²) in [5, 5.41) is 22.1. The van der Waals surface area contributed by atoms with Crippen LogP contribution in [0.25, 0.3) is 11.3 Å². The van der Waals surface area contributed by atoms with E-state index in [9.17, 15) is 19.3 Å². The fraction of sp³-hybridized carbons (Fsp3) is 0.227. The van der Waals surface area contributed by atoms with Crippen LogP contribution in [0.15, 0.2) is 60.7 Å². The third-order valence-electron chi connectivity index (χ3n) is 5.33. The average molecular weight is 421 g/mol. The summed E-state index contributed by atoms with van der Waals surface area (Å²) >= 11 is 0. The highest BCUT2D eigenvalue weighted by atomic mass is 19.1. The zero-order valence-corrected chi connectivity index (χ0v) is 16.6. The number of amides is 1. The van der Waals surface area contributed by atoms with E-state index < -0.39 is 4.92 Å². The summed E-state index contributed by atoms with van der Waals surface area (Å²) in [5.74, 6) is 0.207. The number of rotatable bonds is 5. The summed E-state index contributed by atoms with van der Waals surface area (Å²) < 4.78 is 13.1. The van der Waals surface area contributed by atoms with Crippen LogP contribution in [-0.2, 0) is 4.79 Å². The molecule has 0 bridgehead atoms. The van der Waals surface area contributed by atoms with Crippen LogP contribution in [0.4, 0.5) is 21.6 Å². The van der Waals surface area contributed by atoms with Crippen molar-refractivity contribution in [1.29, 1.82) is 0 Å². The molecule has 3 aromatic rings. The first-order valence-corrected chi connectivity index (χ1v) is 9.89. The number of hydrogen-bond donors (Lipinski definition) is 1. The van der Waals surface area contributed by atoms with Gasteiger partial charge in [-0.05, 0) is 61.4 Å². The number of nitrogens with one attached hydrogen (secondary N) is 1. The Bertz CT molecular complexity index is 1060. The first-order valence-electron chi connectivity index (χ1n) is 9.89. The van der Waals surface area contributed by atoms with Gasteiger partial charge in [-0.2, -0.15) is 0 Å². The van der Waals surface area contributed by atoms with Gasteiger partial charge < -0.3 is 10.2 Å². The highest BCUT2D eigenvalue weighted by molar-refractivity contribution is 5.92. The molecule has 1 aliphatic heterocycles. The summed E-state index contributed by atoms with van der Waals surface area (Å²) in [7, 11) is 0. The van der Waals surface area contributed by atoms with Gasteiger partial charge in [0.25, 0.3) is 5.69 Å². The van der Waals surface area contributed by atoms with Crippen molar-refractivity contribution in [2.75, 3.05) is 23.3 Å². The first-order chi connectivity index (χ1) is 15.0. The molecule has 4 rings (SSSR count). The largest absolute Gasteiger partial charge is 0.355 e. The number of halogens is 1. The van der Waals surface area contributed by atoms with Gasteiger partial charge >= 0.3 is 0 Å². The molecule has 0 radical (unpaired) electrons. The van der Waals surface area contributed by atoms with Crippen molar-refractivity contribution >= 4 is 23.1 Å². The Morgan fingerprint density at radius 3 is 2.26 bits per heavy atom. The van der Waals surface area contributed by atoms with E-state index in [2.05, 4.69) is 20.4 Å². The highest BCUT2D eigenvalue weighted by Gasteiger charge is 2.26. The molecule has 2 heterocycles. The summed E-state index contributed by atoms with van der Waals surface area (Å²) in [4.78, 5) is 24.9. The number of benzene rings is 2. The minimum absolute atomic E-state index is 0.0159. The molecule has 0 saturated carbocycles. The number of piperidine rings is 1. The monoisotopic (exact) mass is 421 g/mol. The van der Waals surface area contributed by atoms with Crippen LogP contribution < -0.4 is 10.2 Å². The molecule has 1 saturated heterocycles. The van der Waals surface area contributed by atoms with Crippen molar-refractivity contribution in [1.82, 2.24) is 10.2 Å². The summed E-state index contributed by atoms with van der Waals surface area (Å²) in [6.45, 7) is 1.34. The normalized spacial score (nSPS) is 14.3. The summed E-state index contributed by atoms with van der Waals surface area (Å²) in [6.07, 6.45) is 1.33. The number of non-ortho nitro benzene ring substituents is 1. The van der Waals surface area contributed by atoms with Crippen LogP contribution >= 0.6 is 0 Å². The minimum Gasteiger partial charge on any atom is -0.355 e. The number of aromatic nitrogens is 2. The molecule has 1 aliphatic rings. The van der Waals surface area contributed by atoms with Gasteiger partial charge in [-0.25, -0.2) is 4.39 Å². The number of nitrogens with zero attached hydrogens (tertiary/aromatic N) is 4. The third kappa shape index (κ3) is 4.82. The van der Waals surface area contributed by atoms with E-state index in [1.54, 1.807) is 12.1 Å². The zero-order valence-electron chi connectivity index (χ0n) is 16.6. The Balaban J connectivity index is 1.32. The van der Waals surface area contributed by atoms with Gasteiger partial charge in [0.15, 0.2) is 5.82 Å². The summed E-state index contributed by atoms with van der Waals surface area (Å²) in [5.41, 5.74) is 1.99. The number of anilines is 2. The number of hydrogen-bond acceptors (Lipinski definition) is 6. The van der Waals surface area contributed by atoms with Crippen molar-refractivity contribution in [2.24, 2.45) is 5.92 Å². The van der Waals surface area contributed by atoms with Crippen LogP contribution in [0, 0.1) is 21.8 Å². The Morgan fingerprint density at radius 2 is 1.68 bits per heavy atom. The maximum absolute atomic E-state index is 13.1. The molecule has 158 valence electrons. The van der Waals surface area contributed by atoms with E-state index in [1.807, 2.05) is 12.1 Å². The second-order valence-electron chi connectivity index (χ2n) is 7.34. The second-order valence-corrected chi connectivity index (χ2v) is 7.34. The predicted octanol–water partition coefficient (Wildman–Crippen LogP) is 4.05. The molecule has 1 fully saturated rings. The van der Waals surface area contributed by atoms with E-state index >= 15 is 0 Å². The number of nitro groups is 1. The van der Waals surface area contributed by atoms with Crippen molar-refractivity contribution in [3.63, 3.8) is 0 Å². The third-order valence-corrected chi connectivity index (χ3v) is 5.33. The minimum atomic E-state index is -0.476. The fourth-order valence-corrected chi connectivity index (χ4v) is 3.55. The van der Waals surface area contributed by atoms with Crippen molar-refractivity contribution < 1.29 is 14.1 Å². The Labute approximate surface area is 177 Å². The van der Waals surface area contributed by atoms with Gasteiger partial charge in [-0.1, -0.05) is 0 Å². The number of carbonyl (C=O) groups excluding carboxylic acids is 1. The molecular weight excluding hydrogens is 401 g/mol. The lowest BCUT2D eigenvalue weighted by atomic mass is 9.95. The molecule has 0 unspecified atom stereocenters. The lowest BCUT2D eigenvalue weighted by Gasteiger charge is -2.31. The maximum atomic E-state index is 13.1. The fourth-order valence-electron chi connectivity index (χ4n) is 3.55. The number of carbonyl (C=O) groups is 1. The Hall–Kier alpha value is -3.88. The Kier molecular flexibility index (Phi) is 5.83. The molecule has 9 heteroatoms. The molecule has 8 nitrogen and oxygen atoms in total. The van der Waals surface area contributed by atoms with Gasteiger partial charge in [-0.3, -0.25) is 14.9 Å². The van der Waals surface area contributed by atoms with Crippen LogP contribution in [-0.4, -0.2) is 34.1 Å². The molecule has 2 aromatic carbocycles. The van der Waals surface area contributed by atoms with Crippen LogP contribution in [0.1, 0.15) is 12.8 Å². The smallest absolute Gasteiger partial charge is 0.269 e. The predicted molar refractivity (Wildman–Crippen MR) is 114 cm³/mol. The van der Waals surface area contributed by atoms with Gasteiger partial charge in [-0.15, -0.1) is 10.2 Å². The molecule has 31 heavy (non-hydrogen) atoms. The lowest BCUT2D eigenvalue weighted by molar-refractivity contribution is -0.384. The standard InChI is InChI=1S/C22H20FN5O3/c23-17-3-1-15(2-4-17)20-9-10-21(26-25-20)27-13-11-16(12-14-27)22(29)24-18-5-7-19(8-6-18)28(30)31/h1-10,16H,11-14H2,(H,24,29). The molecule has 1 aromatic heterocycles. The molecule has 0 atom stereocenters. The van der Waals surface area contributed by atoms with Gasteiger partial charge in [0.1, 0.15) is 5.82 Å². The molecule has 0 spiro atoms. The van der Waals surface area contributed by atoms with E-state index in [4.69, 9.17) is 0 Å². The van der Waals surface area contributed by atoms with E-state index in [1.165, 1.54) is 36.4 Å². The van der Waals surface area contributed by atoms with Crippen molar-refractivity contribution in [2.45, 2.75) is 12.8 Å². The molecule has 0 aliphatic carbocycles. The summed E-state index contributed by atoms with van der Waals surface area (Å²) in [6, 6.07) is 15.6. The van der Waals surface area contributed by atoms with Crippen LogP contribution in [0.2, 0.25) is 0 Å². The zero-order chi connectivity index (χ0) is 21.8. The lowest BCUT2D eigenvalue weighted by Crippen LogP contribution is -2.38. The van der Waals surface area contributed by atoms with Gasteiger partial charge in [0.2, 0.25) is 5.91 Å². The van der Waals surface area contributed by atoms with E-state index in [-0.39, 0.29) is 23.3 Å². The molecular formula is C22H20FN5O3. The first kappa shape index (κ1) is 20.4.